The molecule has 0 spiro atoms. The quantitative estimate of drug-likeness (QED) is 0.897. The van der Waals surface area contributed by atoms with Crippen molar-refractivity contribution < 1.29 is 9.59 Å². The number of amides is 2. The highest BCUT2D eigenvalue weighted by Gasteiger charge is 2.29. The summed E-state index contributed by atoms with van der Waals surface area (Å²) in [4.78, 5) is 26.8. The maximum Gasteiger partial charge on any atom is 0.257 e. The first-order valence-electron chi connectivity index (χ1n) is 9.28. The summed E-state index contributed by atoms with van der Waals surface area (Å²) < 4.78 is 1.79. The second-order valence-corrected chi connectivity index (χ2v) is 6.75. The monoisotopic (exact) mass is 354 g/mol. The normalized spacial score (nSPS) is 15.1. The van der Waals surface area contributed by atoms with Crippen LogP contribution in [0.5, 0.6) is 0 Å². The minimum atomic E-state index is -0.00269. The fourth-order valence-corrected chi connectivity index (χ4v) is 3.36. The van der Waals surface area contributed by atoms with Crippen molar-refractivity contribution >= 4 is 11.8 Å². The number of hydrogen-bond donors (Lipinski definition) is 1. The molecule has 1 aliphatic rings. The van der Waals surface area contributed by atoms with E-state index in [1.807, 2.05) is 49.1 Å². The SMILES string of the molecule is CCCNC(=O)C1CCN(C(=O)c2cnn(-c3ccccc3)c2C)CC1. The first-order chi connectivity index (χ1) is 12.6. The molecule has 2 amide bonds. The summed E-state index contributed by atoms with van der Waals surface area (Å²) in [5.74, 6) is 0.128. The lowest BCUT2D eigenvalue weighted by Gasteiger charge is -2.31. The van der Waals surface area contributed by atoms with Gasteiger partial charge in [0, 0.05) is 25.6 Å². The van der Waals surface area contributed by atoms with E-state index >= 15 is 0 Å². The van der Waals surface area contributed by atoms with Crippen molar-refractivity contribution in [3.63, 3.8) is 0 Å². The molecule has 2 aromatic rings. The number of carbonyl (C=O) groups excluding carboxylic acids is 2. The van der Waals surface area contributed by atoms with Crippen LogP contribution in [-0.4, -0.2) is 46.1 Å². The molecule has 0 unspecified atom stereocenters. The van der Waals surface area contributed by atoms with Crippen LogP contribution in [0, 0.1) is 12.8 Å². The number of aromatic nitrogens is 2. The van der Waals surface area contributed by atoms with Crippen LogP contribution in [0.25, 0.3) is 5.69 Å². The van der Waals surface area contributed by atoms with E-state index in [-0.39, 0.29) is 17.7 Å². The fraction of sp³-hybridized carbons (Fsp3) is 0.450. The number of piperidine rings is 1. The molecule has 0 atom stereocenters. The van der Waals surface area contributed by atoms with E-state index < -0.39 is 0 Å². The Bertz CT molecular complexity index is 761. The van der Waals surface area contributed by atoms with Gasteiger partial charge in [0.1, 0.15) is 0 Å². The molecule has 1 aromatic heterocycles. The average molecular weight is 354 g/mol. The van der Waals surface area contributed by atoms with Crippen molar-refractivity contribution in [2.45, 2.75) is 33.1 Å². The van der Waals surface area contributed by atoms with Crippen molar-refractivity contribution in [1.29, 1.82) is 0 Å². The molecular weight excluding hydrogens is 328 g/mol. The van der Waals surface area contributed by atoms with Gasteiger partial charge in [0.25, 0.3) is 5.91 Å². The molecule has 1 aliphatic heterocycles. The lowest BCUT2D eigenvalue weighted by molar-refractivity contribution is -0.126. The van der Waals surface area contributed by atoms with Crippen LogP contribution in [0.3, 0.4) is 0 Å². The van der Waals surface area contributed by atoms with E-state index in [2.05, 4.69) is 10.4 Å². The molecule has 3 rings (SSSR count). The van der Waals surface area contributed by atoms with Gasteiger partial charge in [-0.2, -0.15) is 5.10 Å². The Labute approximate surface area is 154 Å². The zero-order chi connectivity index (χ0) is 18.5. The Morgan fingerprint density at radius 3 is 2.54 bits per heavy atom. The summed E-state index contributed by atoms with van der Waals surface area (Å²) in [6.45, 7) is 5.89. The van der Waals surface area contributed by atoms with Crippen molar-refractivity contribution in [2.75, 3.05) is 19.6 Å². The molecule has 1 N–H and O–H groups in total. The molecule has 0 bridgehead atoms. The van der Waals surface area contributed by atoms with Crippen molar-refractivity contribution in [2.24, 2.45) is 5.92 Å². The van der Waals surface area contributed by atoms with Gasteiger partial charge in [-0.3, -0.25) is 9.59 Å². The molecule has 0 saturated carbocycles. The number of benzene rings is 1. The Morgan fingerprint density at radius 1 is 1.19 bits per heavy atom. The number of rotatable bonds is 5. The lowest BCUT2D eigenvalue weighted by Crippen LogP contribution is -2.43. The topological polar surface area (TPSA) is 67.2 Å². The lowest BCUT2D eigenvalue weighted by atomic mass is 9.95. The van der Waals surface area contributed by atoms with Crippen molar-refractivity contribution in [3.05, 3.63) is 47.8 Å². The number of hydrogen-bond acceptors (Lipinski definition) is 3. The summed E-state index contributed by atoms with van der Waals surface area (Å²) in [6.07, 6.45) is 4.01. The third-order valence-electron chi connectivity index (χ3n) is 4.94. The van der Waals surface area contributed by atoms with E-state index in [0.717, 1.165) is 24.3 Å². The second kappa shape index (κ2) is 8.17. The van der Waals surface area contributed by atoms with Crippen LogP contribution < -0.4 is 5.32 Å². The van der Waals surface area contributed by atoms with Gasteiger partial charge >= 0.3 is 0 Å². The third-order valence-corrected chi connectivity index (χ3v) is 4.94. The van der Waals surface area contributed by atoms with Gasteiger partial charge in [-0.15, -0.1) is 0 Å². The fourth-order valence-electron chi connectivity index (χ4n) is 3.36. The average Bonchev–Trinajstić information content (AvgIpc) is 3.07. The van der Waals surface area contributed by atoms with Crippen molar-refractivity contribution in [3.8, 4) is 5.69 Å². The molecule has 138 valence electrons. The minimum absolute atomic E-state index is 0.00269. The number of nitrogens with zero attached hydrogens (tertiary/aromatic N) is 3. The van der Waals surface area contributed by atoms with E-state index in [0.29, 0.717) is 31.5 Å². The van der Waals surface area contributed by atoms with Crippen LogP contribution in [0.15, 0.2) is 36.5 Å². The Hall–Kier alpha value is -2.63. The first kappa shape index (κ1) is 18.2. The third kappa shape index (κ3) is 3.79. The highest BCUT2D eigenvalue weighted by molar-refractivity contribution is 5.95. The van der Waals surface area contributed by atoms with Gasteiger partial charge in [0.2, 0.25) is 5.91 Å². The summed E-state index contributed by atoms with van der Waals surface area (Å²) in [5, 5.41) is 7.34. The van der Waals surface area contributed by atoms with Gasteiger partial charge in [-0.25, -0.2) is 4.68 Å². The minimum Gasteiger partial charge on any atom is -0.356 e. The molecule has 0 radical (unpaired) electrons. The van der Waals surface area contributed by atoms with E-state index in [9.17, 15) is 9.59 Å². The van der Waals surface area contributed by atoms with E-state index in [1.54, 1.807) is 10.9 Å². The first-order valence-corrected chi connectivity index (χ1v) is 9.28. The highest BCUT2D eigenvalue weighted by atomic mass is 16.2. The summed E-state index contributed by atoms with van der Waals surface area (Å²) in [7, 11) is 0. The van der Waals surface area contributed by atoms with Crippen LogP contribution in [0.2, 0.25) is 0 Å². The predicted octanol–water partition coefficient (Wildman–Crippen LogP) is 2.56. The maximum absolute atomic E-state index is 12.9. The molecule has 1 fully saturated rings. The molecule has 6 nitrogen and oxygen atoms in total. The Kier molecular flexibility index (Phi) is 5.71. The van der Waals surface area contributed by atoms with Crippen LogP contribution >= 0.6 is 0 Å². The molecule has 1 saturated heterocycles. The Morgan fingerprint density at radius 2 is 1.88 bits per heavy atom. The summed E-state index contributed by atoms with van der Waals surface area (Å²) >= 11 is 0. The van der Waals surface area contributed by atoms with Crippen LogP contribution in [0.1, 0.15) is 42.2 Å². The number of likely N-dealkylation sites (tertiary alicyclic amines) is 1. The zero-order valence-corrected chi connectivity index (χ0v) is 15.4. The Balaban J connectivity index is 1.64. The van der Waals surface area contributed by atoms with Gasteiger partial charge in [0.05, 0.1) is 23.1 Å². The highest BCUT2D eigenvalue weighted by Crippen LogP contribution is 2.21. The molecule has 1 aromatic carbocycles. The van der Waals surface area contributed by atoms with E-state index in [1.165, 1.54) is 0 Å². The molecule has 0 aliphatic carbocycles. The molecule has 26 heavy (non-hydrogen) atoms. The van der Waals surface area contributed by atoms with Gasteiger partial charge < -0.3 is 10.2 Å². The van der Waals surface area contributed by atoms with Gasteiger partial charge in [-0.05, 0) is 38.3 Å². The maximum atomic E-state index is 12.9. The molecular formula is C20H26N4O2. The van der Waals surface area contributed by atoms with Crippen molar-refractivity contribution in [1.82, 2.24) is 20.0 Å². The van der Waals surface area contributed by atoms with Gasteiger partial charge in [-0.1, -0.05) is 25.1 Å². The summed E-state index contributed by atoms with van der Waals surface area (Å²) in [6, 6.07) is 9.79. The zero-order valence-electron chi connectivity index (χ0n) is 15.4. The number of carbonyl (C=O) groups is 2. The van der Waals surface area contributed by atoms with Crippen LogP contribution in [-0.2, 0) is 4.79 Å². The van der Waals surface area contributed by atoms with Gasteiger partial charge in [0.15, 0.2) is 0 Å². The molecule has 6 heteroatoms. The predicted molar refractivity (Wildman–Crippen MR) is 100 cm³/mol. The summed E-state index contributed by atoms with van der Waals surface area (Å²) in [5.41, 5.74) is 2.40. The smallest absolute Gasteiger partial charge is 0.257 e. The number of para-hydroxylation sites is 1. The van der Waals surface area contributed by atoms with E-state index in [4.69, 9.17) is 0 Å². The standard InChI is InChI=1S/C20H26N4O2/c1-3-11-21-19(25)16-9-12-23(13-10-16)20(26)18-14-22-24(15(18)2)17-7-5-4-6-8-17/h4-8,14,16H,3,9-13H2,1-2H3,(H,21,25). The number of nitrogens with one attached hydrogen (secondary N) is 1. The van der Waals surface area contributed by atoms with Crippen LogP contribution in [0.4, 0.5) is 0 Å². The second-order valence-electron chi connectivity index (χ2n) is 6.75. The largest absolute Gasteiger partial charge is 0.356 e. The molecule has 2 heterocycles.